The van der Waals surface area contributed by atoms with Crippen molar-refractivity contribution >= 4 is 5.97 Å². The highest BCUT2D eigenvalue weighted by molar-refractivity contribution is 5.79. The highest BCUT2D eigenvalue weighted by Gasteiger charge is 2.11. The van der Waals surface area contributed by atoms with Crippen LogP contribution in [0.15, 0.2) is 12.2 Å². The molecule has 0 bridgehead atoms. The third-order valence-electron chi connectivity index (χ3n) is 3.46. The average Bonchev–Trinajstić information content (AvgIpc) is 2.42. The zero-order valence-corrected chi connectivity index (χ0v) is 12.9. The zero-order chi connectivity index (χ0) is 16.1. The Hall–Kier alpha value is -0.910. The maximum atomic E-state index is 10.2. The molecule has 0 aromatic heterocycles. The third-order valence-corrected chi connectivity index (χ3v) is 3.46. The highest BCUT2D eigenvalue weighted by Crippen LogP contribution is 2.14. The van der Waals surface area contributed by atoms with Gasteiger partial charge in [0.05, 0.1) is 18.3 Å². The SMILES string of the molecule is CCCC(O)CCC(O)CCC(O)CCCC=CC(=O)O. The van der Waals surface area contributed by atoms with Crippen LogP contribution in [0, 0.1) is 0 Å². The van der Waals surface area contributed by atoms with Gasteiger partial charge in [0.2, 0.25) is 0 Å². The van der Waals surface area contributed by atoms with Crippen LogP contribution in [0.3, 0.4) is 0 Å². The summed E-state index contributed by atoms with van der Waals surface area (Å²) in [4.78, 5) is 10.2. The van der Waals surface area contributed by atoms with Crippen LogP contribution in [0.25, 0.3) is 0 Å². The van der Waals surface area contributed by atoms with E-state index < -0.39 is 18.2 Å². The molecule has 0 radical (unpaired) electrons. The second kappa shape index (κ2) is 12.8. The number of hydrogen-bond donors (Lipinski definition) is 4. The molecule has 3 atom stereocenters. The summed E-state index contributed by atoms with van der Waals surface area (Å²) in [6.07, 6.45) is 7.33. The van der Waals surface area contributed by atoms with E-state index in [1.807, 2.05) is 6.92 Å². The van der Waals surface area contributed by atoms with E-state index in [1.165, 1.54) is 0 Å². The van der Waals surface area contributed by atoms with Gasteiger partial charge in [-0.2, -0.15) is 0 Å². The number of hydrogen-bond acceptors (Lipinski definition) is 4. The summed E-state index contributed by atoms with van der Waals surface area (Å²) in [6, 6.07) is 0. The first-order valence-corrected chi connectivity index (χ1v) is 7.89. The van der Waals surface area contributed by atoms with Crippen LogP contribution < -0.4 is 0 Å². The molecular formula is C16H30O5. The van der Waals surface area contributed by atoms with Gasteiger partial charge in [0.15, 0.2) is 0 Å². The van der Waals surface area contributed by atoms with E-state index in [-0.39, 0.29) is 6.10 Å². The van der Waals surface area contributed by atoms with Gasteiger partial charge < -0.3 is 20.4 Å². The molecule has 0 amide bonds. The first-order valence-electron chi connectivity index (χ1n) is 7.89. The summed E-state index contributed by atoms with van der Waals surface area (Å²) in [7, 11) is 0. The Morgan fingerprint density at radius 3 is 1.86 bits per heavy atom. The van der Waals surface area contributed by atoms with Crippen LogP contribution in [0.2, 0.25) is 0 Å². The van der Waals surface area contributed by atoms with E-state index in [9.17, 15) is 20.1 Å². The summed E-state index contributed by atoms with van der Waals surface area (Å²) >= 11 is 0. The van der Waals surface area contributed by atoms with Crippen molar-refractivity contribution < 1.29 is 25.2 Å². The second-order valence-corrected chi connectivity index (χ2v) is 5.58. The van der Waals surface area contributed by atoms with Gasteiger partial charge in [-0.05, 0) is 51.4 Å². The molecule has 0 aliphatic carbocycles. The Balaban J connectivity index is 3.58. The molecule has 0 spiro atoms. The number of unbranched alkanes of at least 4 members (excludes halogenated alkanes) is 1. The van der Waals surface area contributed by atoms with Crippen molar-refractivity contribution in [3.05, 3.63) is 12.2 Å². The van der Waals surface area contributed by atoms with Gasteiger partial charge in [-0.3, -0.25) is 0 Å². The van der Waals surface area contributed by atoms with E-state index in [2.05, 4.69) is 0 Å². The Morgan fingerprint density at radius 2 is 1.38 bits per heavy atom. The summed E-state index contributed by atoms with van der Waals surface area (Å²) in [5.41, 5.74) is 0. The first kappa shape index (κ1) is 20.1. The number of carboxylic acid groups (broad SMARTS) is 1. The Bertz CT molecular complexity index is 290. The molecule has 0 rings (SSSR count). The van der Waals surface area contributed by atoms with Gasteiger partial charge in [0.1, 0.15) is 0 Å². The fourth-order valence-corrected chi connectivity index (χ4v) is 2.19. The van der Waals surface area contributed by atoms with Crippen LogP contribution in [0.1, 0.15) is 64.7 Å². The maximum absolute atomic E-state index is 10.2. The van der Waals surface area contributed by atoms with E-state index >= 15 is 0 Å². The van der Waals surface area contributed by atoms with Crippen LogP contribution in [0.5, 0.6) is 0 Å². The Kier molecular flexibility index (Phi) is 12.2. The van der Waals surface area contributed by atoms with Crippen molar-refractivity contribution in [1.82, 2.24) is 0 Å². The van der Waals surface area contributed by atoms with E-state index in [0.29, 0.717) is 38.5 Å². The van der Waals surface area contributed by atoms with E-state index in [0.717, 1.165) is 25.3 Å². The number of aliphatic hydroxyl groups is 3. The summed E-state index contributed by atoms with van der Waals surface area (Å²) in [5.74, 6) is -0.955. The molecule has 0 fully saturated rings. The average molecular weight is 302 g/mol. The van der Waals surface area contributed by atoms with Crippen molar-refractivity contribution in [2.45, 2.75) is 83.0 Å². The molecule has 0 heterocycles. The minimum Gasteiger partial charge on any atom is -0.478 e. The molecule has 0 aliphatic heterocycles. The van der Waals surface area contributed by atoms with Crippen LogP contribution in [-0.4, -0.2) is 44.7 Å². The van der Waals surface area contributed by atoms with Crippen LogP contribution in [-0.2, 0) is 4.79 Å². The van der Waals surface area contributed by atoms with E-state index in [1.54, 1.807) is 6.08 Å². The van der Waals surface area contributed by atoms with Gasteiger partial charge in [0, 0.05) is 6.08 Å². The van der Waals surface area contributed by atoms with E-state index in [4.69, 9.17) is 5.11 Å². The highest BCUT2D eigenvalue weighted by atomic mass is 16.4. The maximum Gasteiger partial charge on any atom is 0.327 e. The zero-order valence-electron chi connectivity index (χ0n) is 12.9. The fourth-order valence-electron chi connectivity index (χ4n) is 2.19. The van der Waals surface area contributed by atoms with Crippen molar-refractivity contribution in [1.29, 1.82) is 0 Å². The third kappa shape index (κ3) is 13.8. The number of allylic oxidation sites excluding steroid dienone is 1. The lowest BCUT2D eigenvalue weighted by Crippen LogP contribution is -2.16. The standard InChI is InChI=1S/C16H30O5/c1-2-6-13(17)9-11-15(19)12-10-14(18)7-4-3-5-8-16(20)21/h5,8,13-15,17-19H,2-4,6-7,9-12H2,1H3,(H,20,21). The summed E-state index contributed by atoms with van der Waals surface area (Å²) in [6.45, 7) is 2.02. The minimum absolute atomic E-state index is 0.337. The molecule has 5 heteroatoms. The predicted molar refractivity (Wildman–Crippen MR) is 82.0 cm³/mol. The summed E-state index contributed by atoms with van der Waals surface area (Å²) in [5, 5.41) is 37.5. The molecule has 0 aliphatic rings. The topological polar surface area (TPSA) is 98.0 Å². The normalized spacial score (nSPS) is 16.0. The fraction of sp³-hybridized carbons (Fsp3) is 0.812. The molecule has 124 valence electrons. The van der Waals surface area contributed by atoms with Gasteiger partial charge in [0.25, 0.3) is 0 Å². The lowest BCUT2D eigenvalue weighted by atomic mass is 10.0. The minimum atomic E-state index is -0.955. The van der Waals surface area contributed by atoms with Crippen molar-refractivity contribution in [2.24, 2.45) is 0 Å². The predicted octanol–water partition coefficient (Wildman–Crippen LogP) is 2.24. The Morgan fingerprint density at radius 1 is 0.905 bits per heavy atom. The Labute approximate surface area is 127 Å². The molecule has 3 unspecified atom stereocenters. The van der Waals surface area contributed by atoms with Gasteiger partial charge in [-0.1, -0.05) is 19.4 Å². The van der Waals surface area contributed by atoms with Crippen LogP contribution in [0.4, 0.5) is 0 Å². The molecule has 0 aromatic carbocycles. The molecule has 0 aromatic rings. The summed E-state index contributed by atoms with van der Waals surface area (Å²) < 4.78 is 0. The molecule has 0 saturated heterocycles. The monoisotopic (exact) mass is 302 g/mol. The number of aliphatic carboxylic acids is 1. The molecule has 0 saturated carbocycles. The lowest BCUT2D eigenvalue weighted by molar-refractivity contribution is -0.131. The molecule has 21 heavy (non-hydrogen) atoms. The van der Waals surface area contributed by atoms with Crippen molar-refractivity contribution in [3.63, 3.8) is 0 Å². The number of rotatable bonds is 13. The second-order valence-electron chi connectivity index (χ2n) is 5.58. The quantitative estimate of drug-likeness (QED) is 0.309. The van der Waals surface area contributed by atoms with Crippen molar-refractivity contribution in [2.75, 3.05) is 0 Å². The smallest absolute Gasteiger partial charge is 0.327 e. The first-order chi connectivity index (χ1) is 9.95. The van der Waals surface area contributed by atoms with Gasteiger partial charge in [-0.15, -0.1) is 0 Å². The van der Waals surface area contributed by atoms with Gasteiger partial charge in [-0.25, -0.2) is 4.79 Å². The van der Waals surface area contributed by atoms with Gasteiger partial charge >= 0.3 is 5.97 Å². The molecule has 4 N–H and O–H groups in total. The van der Waals surface area contributed by atoms with Crippen LogP contribution >= 0.6 is 0 Å². The molecule has 5 nitrogen and oxygen atoms in total. The lowest BCUT2D eigenvalue weighted by Gasteiger charge is -2.15. The number of aliphatic hydroxyl groups excluding tert-OH is 3. The number of carboxylic acids is 1. The largest absolute Gasteiger partial charge is 0.478 e. The van der Waals surface area contributed by atoms with Crippen molar-refractivity contribution in [3.8, 4) is 0 Å². The number of carbonyl (C=O) groups is 1. The molecular weight excluding hydrogens is 272 g/mol.